The molecule has 2 N–H and O–H groups in total. The van der Waals surface area contributed by atoms with Gasteiger partial charge < -0.3 is 9.51 Å². The second-order valence-corrected chi connectivity index (χ2v) is 6.47. The minimum atomic E-state index is -0.313. The molecule has 0 radical (unpaired) electrons. The lowest BCUT2D eigenvalue weighted by molar-refractivity contribution is -0.115. The van der Waals surface area contributed by atoms with Crippen molar-refractivity contribution in [1.29, 1.82) is 0 Å². The lowest BCUT2D eigenvalue weighted by Gasteiger charge is -2.07. The number of carbonyl (C=O) groups is 1. The quantitative estimate of drug-likeness (QED) is 0.722. The molecule has 114 valence electrons. The van der Waals surface area contributed by atoms with Gasteiger partial charge in [-0.3, -0.25) is 10.1 Å². The van der Waals surface area contributed by atoms with Crippen LogP contribution in [0, 0.1) is 13.8 Å². The maximum Gasteiger partial charge on any atom is 0.240 e. The summed E-state index contributed by atoms with van der Waals surface area (Å²) in [5.74, 6) is 0.202. The van der Waals surface area contributed by atoms with E-state index in [-0.39, 0.29) is 11.2 Å². The summed E-state index contributed by atoms with van der Waals surface area (Å²) in [7, 11) is 0. The van der Waals surface area contributed by atoms with E-state index in [1.807, 2.05) is 32.0 Å². The Morgan fingerprint density at radius 1 is 1.36 bits per heavy atom. The lowest BCUT2D eigenvalue weighted by atomic mass is 10.2. The van der Waals surface area contributed by atoms with E-state index < -0.39 is 0 Å². The van der Waals surface area contributed by atoms with E-state index in [4.69, 9.17) is 4.52 Å². The van der Waals surface area contributed by atoms with Crippen molar-refractivity contribution < 1.29 is 9.32 Å². The number of aryl methyl sites for hydroxylation is 2. The van der Waals surface area contributed by atoms with Gasteiger partial charge in [0, 0.05) is 6.07 Å². The highest BCUT2D eigenvalue weighted by molar-refractivity contribution is 8.00. The summed E-state index contributed by atoms with van der Waals surface area (Å²) in [5, 5.41) is 6.84. The van der Waals surface area contributed by atoms with Crippen molar-refractivity contribution in [3.05, 3.63) is 35.5 Å². The zero-order valence-electron chi connectivity index (χ0n) is 12.5. The zero-order valence-corrected chi connectivity index (χ0v) is 13.3. The van der Waals surface area contributed by atoms with Gasteiger partial charge in [0.1, 0.15) is 0 Å². The van der Waals surface area contributed by atoms with Crippen molar-refractivity contribution in [3.63, 3.8) is 0 Å². The summed E-state index contributed by atoms with van der Waals surface area (Å²) >= 11 is 1.37. The van der Waals surface area contributed by atoms with E-state index in [1.54, 1.807) is 13.0 Å². The molecule has 0 bridgehead atoms. The molecule has 0 aliphatic carbocycles. The molecule has 0 saturated heterocycles. The van der Waals surface area contributed by atoms with Gasteiger partial charge in [-0.15, -0.1) is 0 Å². The van der Waals surface area contributed by atoms with E-state index in [0.717, 1.165) is 21.9 Å². The molecule has 1 atom stereocenters. The number of rotatable bonds is 4. The van der Waals surface area contributed by atoms with E-state index in [1.165, 1.54) is 17.3 Å². The number of fused-ring (bicyclic) bond motifs is 1. The van der Waals surface area contributed by atoms with Crippen LogP contribution < -0.4 is 5.32 Å². The summed E-state index contributed by atoms with van der Waals surface area (Å²) in [6, 6.07) is 7.70. The molecule has 7 heteroatoms. The molecule has 1 amide bonds. The Morgan fingerprint density at radius 2 is 2.18 bits per heavy atom. The Hall–Kier alpha value is -2.28. The van der Waals surface area contributed by atoms with Gasteiger partial charge in [0.15, 0.2) is 5.16 Å². The van der Waals surface area contributed by atoms with E-state index in [9.17, 15) is 4.79 Å². The molecule has 1 unspecified atom stereocenters. The van der Waals surface area contributed by atoms with Gasteiger partial charge in [-0.05, 0) is 38.5 Å². The predicted octanol–water partition coefficient (Wildman–Crippen LogP) is 3.29. The van der Waals surface area contributed by atoms with Crippen LogP contribution in [0.4, 0.5) is 5.88 Å². The highest BCUT2D eigenvalue weighted by atomic mass is 32.2. The van der Waals surface area contributed by atoms with Gasteiger partial charge in [-0.25, -0.2) is 4.98 Å². The normalized spacial score (nSPS) is 12.5. The van der Waals surface area contributed by atoms with Gasteiger partial charge in [-0.2, -0.15) is 0 Å². The number of carbonyl (C=O) groups excluding carboxylic acids is 1. The number of aromatic nitrogens is 3. The standard InChI is InChI=1S/C15H16N4O2S/c1-8-4-5-11-12(6-8)17-15(16-11)22-10(3)14(20)18-13-7-9(2)19-21-13/h4-7,10H,1-3H3,(H,16,17)(H,18,20). The number of anilines is 1. The third-order valence-electron chi connectivity index (χ3n) is 3.15. The molecule has 3 rings (SSSR count). The largest absolute Gasteiger partial charge is 0.338 e. The number of hydrogen-bond donors (Lipinski definition) is 2. The van der Waals surface area contributed by atoms with Crippen molar-refractivity contribution >= 4 is 34.6 Å². The lowest BCUT2D eigenvalue weighted by Crippen LogP contribution is -2.22. The highest BCUT2D eigenvalue weighted by Crippen LogP contribution is 2.24. The number of aromatic amines is 1. The average Bonchev–Trinajstić information content (AvgIpc) is 3.04. The number of hydrogen-bond acceptors (Lipinski definition) is 5. The summed E-state index contributed by atoms with van der Waals surface area (Å²) in [5.41, 5.74) is 3.76. The highest BCUT2D eigenvalue weighted by Gasteiger charge is 2.18. The topological polar surface area (TPSA) is 83.8 Å². The number of thioether (sulfide) groups is 1. The third kappa shape index (κ3) is 3.14. The minimum Gasteiger partial charge on any atom is -0.338 e. The van der Waals surface area contributed by atoms with E-state index in [0.29, 0.717) is 5.88 Å². The van der Waals surface area contributed by atoms with Crippen LogP contribution in [0.1, 0.15) is 18.2 Å². The van der Waals surface area contributed by atoms with Gasteiger partial charge >= 0.3 is 0 Å². The smallest absolute Gasteiger partial charge is 0.240 e. The van der Waals surface area contributed by atoms with Crippen LogP contribution >= 0.6 is 11.8 Å². The monoisotopic (exact) mass is 316 g/mol. The van der Waals surface area contributed by atoms with Gasteiger partial charge in [-0.1, -0.05) is 23.0 Å². The van der Waals surface area contributed by atoms with Crippen LogP contribution in [0.3, 0.4) is 0 Å². The Bertz CT molecular complexity index is 824. The van der Waals surface area contributed by atoms with Crippen molar-refractivity contribution in [2.24, 2.45) is 0 Å². The maximum atomic E-state index is 12.1. The third-order valence-corrected chi connectivity index (χ3v) is 4.13. The Labute approximate surface area is 131 Å². The zero-order chi connectivity index (χ0) is 15.7. The molecule has 0 saturated carbocycles. The van der Waals surface area contributed by atoms with Crippen LogP contribution in [0.15, 0.2) is 33.9 Å². The van der Waals surface area contributed by atoms with Gasteiger partial charge in [0.05, 0.1) is 22.0 Å². The number of nitrogens with zero attached hydrogens (tertiary/aromatic N) is 2. The maximum absolute atomic E-state index is 12.1. The fourth-order valence-electron chi connectivity index (χ4n) is 2.02. The first kappa shape index (κ1) is 14.6. The first-order chi connectivity index (χ1) is 10.5. The molecular formula is C15H16N4O2S. The van der Waals surface area contributed by atoms with Crippen molar-refractivity contribution in [1.82, 2.24) is 15.1 Å². The Balaban J connectivity index is 1.69. The average molecular weight is 316 g/mol. The molecule has 1 aromatic carbocycles. The van der Waals surface area contributed by atoms with Crippen LogP contribution in [0.5, 0.6) is 0 Å². The number of imidazole rings is 1. The SMILES string of the molecule is Cc1ccc2nc(SC(C)C(=O)Nc3cc(C)no3)[nH]c2c1. The number of H-pyrrole nitrogens is 1. The van der Waals surface area contributed by atoms with Crippen LogP contribution in [-0.2, 0) is 4.79 Å². The first-order valence-electron chi connectivity index (χ1n) is 6.88. The molecule has 2 aromatic heterocycles. The van der Waals surface area contributed by atoms with Crippen molar-refractivity contribution in [2.75, 3.05) is 5.32 Å². The number of nitrogens with one attached hydrogen (secondary N) is 2. The van der Waals surface area contributed by atoms with Crippen LogP contribution in [0.25, 0.3) is 11.0 Å². The second kappa shape index (κ2) is 5.84. The summed E-state index contributed by atoms with van der Waals surface area (Å²) < 4.78 is 4.98. The number of amides is 1. The fourth-order valence-corrected chi connectivity index (χ4v) is 2.84. The Kier molecular flexibility index (Phi) is 3.89. The van der Waals surface area contributed by atoms with Crippen molar-refractivity contribution in [3.8, 4) is 0 Å². The summed E-state index contributed by atoms with van der Waals surface area (Å²) in [6.07, 6.45) is 0. The molecule has 0 fully saturated rings. The molecule has 2 heterocycles. The minimum absolute atomic E-state index is 0.155. The van der Waals surface area contributed by atoms with Gasteiger partial charge in [0.25, 0.3) is 0 Å². The first-order valence-corrected chi connectivity index (χ1v) is 7.76. The molecule has 0 aliphatic rings. The molecule has 6 nitrogen and oxygen atoms in total. The molecule has 0 spiro atoms. The van der Waals surface area contributed by atoms with Gasteiger partial charge in [0.2, 0.25) is 11.8 Å². The fraction of sp³-hybridized carbons (Fsp3) is 0.267. The van der Waals surface area contributed by atoms with Crippen LogP contribution in [-0.4, -0.2) is 26.3 Å². The summed E-state index contributed by atoms with van der Waals surface area (Å²) in [6.45, 7) is 5.65. The molecule has 0 aliphatic heterocycles. The molecule has 3 aromatic rings. The molecular weight excluding hydrogens is 300 g/mol. The molecule has 22 heavy (non-hydrogen) atoms. The number of benzene rings is 1. The summed E-state index contributed by atoms with van der Waals surface area (Å²) in [4.78, 5) is 19.8. The predicted molar refractivity (Wildman–Crippen MR) is 86.0 cm³/mol. The second-order valence-electron chi connectivity index (χ2n) is 5.14. The van der Waals surface area contributed by atoms with E-state index in [2.05, 4.69) is 20.4 Å². The van der Waals surface area contributed by atoms with Crippen LogP contribution in [0.2, 0.25) is 0 Å². The van der Waals surface area contributed by atoms with E-state index >= 15 is 0 Å². The van der Waals surface area contributed by atoms with Crippen molar-refractivity contribution in [2.45, 2.75) is 31.2 Å². The Morgan fingerprint density at radius 3 is 2.91 bits per heavy atom.